The van der Waals surface area contributed by atoms with Crippen LogP contribution in [0.5, 0.6) is 0 Å². The minimum absolute atomic E-state index is 0.280. The fraction of sp³-hybridized carbons (Fsp3) is 0.125. The minimum atomic E-state index is -0.280. The maximum atomic E-state index is 11.1. The molecule has 1 aromatic carbocycles. The average Bonchev–Trinajstić information content (AvgIpc) is 2.06. The molecular weight excluding hydrogens is 156 g/mol. The van der Waals surface area contributed by atoms with Gasteiger partial charge in [-0.05, 0) is 24.3 Å². The van der Waals surface area contributed by atoms with Crippen molar-refractivity contribution >= 4 is 11.6 Å². The highest BCUT2D eigenvalue weighted by atomic mass is 16.6. The van der Waals surface area contributed by atoms with E-state index < -0.39 is 0 Å². The summed E-state index contributed by atoms with van der Waals surface area (Å²) in [6, 6.07) is 6.57. The molecule has 1 rings (SSSR count). The molecule has 0 fully saturated rings. The van der Waals surface area contributed by atoms with Crippen molar-refractivity contribution < 1.29 is 9.63 Å². The van der Waals surface area contributed by atoms with E-state index in [0.29, 0.717) is 11.3 Å². The number of anilines is 1. The first-order chi connectivity index (χ1) is 5.74. The van der Waals surface area contributed by atoms with E-state index in [2.05, 4.69) is 10.3 Å². The smallest absolute Gasteiger partial charge is 0.274 e. The Morgan fingerprint density at radius 3 is 2.50 bits per heavy atom. The first kappa shape index (κ1) is 8.55. The zero-order chi connectivity index (χ0) is 8.97. The first-order valence-corrected chi connectivity index (χ1v) is 3.43. The average molecular weight is 166 g/mol. The zero-order valence-corrected chi connectivity index (χ0v) is 6.70. The monoisotopic (exact) mass is 166 g/mol. The van der Waals surface area contributed by atoms with Crippen LogP contribution < -0.4 is 11.2 Å². The predicted octanol–water partition coefficient (Wildman–Crippen LogP) is 0.560. The Hall–Kier alpha value is -1.55. The van der Waals surface area contributed by atoms with Crippen LogP contribution in [0.1, 0.15) is 10.4 Å². The number of hydrogen-bond donors (Lipinski definition) is 2. The van der Waals surface area contributed by atoms with Gasteiger partial charge in [0, 0.05) is 11.3 Å². The van der Waals surface area contributed by atoms with Crippen molar-refractivity contribution in [2.75, 3.05) is 12.8 Å². The Bertz CT molecular complexity index is 269. The van der Waals surface area contributed by atoms with E-state index >= 15 is 0 Å². The van der Waals surface area contributed by atoms with Crippen LogP contribution in [0.3, 0.4) is 0 Å². The van der Waals surface area contributed by atoms with Crippen molar-refractivity contribution in [3.63, 3.8) is 0 Å². The number of nitrogens with two attached hydrogens (primary N) is 1. The largest absolute Gasteiger partial charge is 0.399 e. The molecule has 0 aromatic heterocycles. The van der Waals surface area contributed by atoms with Crippen molar-refractivity contribution in [2.24, 2.45) is 0 Å². The molecule has 0 bridgehead atoms. The second-order valence-electron chi connectivity index (χ2n) is 2.26. The third kappa shape index (κ3) is 1.96. The van der Waals surface area contributed by atoms with Crippen molar-refractivity contribution in [3.8, 4) is 0 Å². The second kappa shape index (κ2) is 3.73. The summed E-state index contributed by atoms with van der Waals surface area (Å²) in [5.41, 5.74) is 8.79. The summed E-state index contributed by atoms with van der Waals surface area (Å²) in [6.45, 7) is 0. The van der Waals surface area contributed by atoms with Crippen LogP contribution in [-0.2, 0) is 4.84 Å². The number of hydroxylamine groups is 1. The maximum absolute atomic E-state index is 11.1. The lowest BCUT2D eigenvalue weighted by Gasteiger charge is -2.01. The van der Waals surface area contributed by atoms with E-state index in [1.165, 1.54) is 7.11 Å². The number of carbonyl (C=O) groups excluding carboxylic acids is 1. The summed E-state index contributed by atoms with van der Waals surface area (Å²) in [7, 11) is 1.38. The van der Waals surface area contributed by atoms with Crippen molar-refractivity contribution in [2.45, 2.75) is 0 Å². The summed E-state index contributed by atoms with van der Waals surface area (Å²) in [5.74, 6) is -0.280. The van der Waals surface area contributed by atoms with Crippen LogP contribution in [0.15, 0.2) is 24.3 Å². The molecule has 12 heavy (non-hydrogen) atoms. The summed E-state index contributed by atoms with van der Waals surface area (Å²) in [5, 5.41) is 0. The molecule has 1 amide bonds. The molecule has 0 saturated carbocycles. The standard InChI is InChI=1S/C8H10N2O2/c1-12-10-8(11)6-2-4-7(9)5-3-6/h2-5H,9H2,1H3,(H,10,11). The molecular formula is C8H10N2O2. The quantitative estimate of drug-likeness (QED) is 0.498. The Balaban J connectivity index is 2.75. The second-order valence-corrected chi connectivity index (χ2v) is 2.26. The Morgan fingerprint density at radius 1 is 1.42 bits per heavy atom. The molecule has 0 aliphatic heterocycles. The molecule has 0 aliphatic carbocycles. The van der Waals surface area contributed by atoms with Gasteiger partial charge in [-0.15, -0.1) is 0 Å². The van der Waals surface area contributed by atoms with Gasteiger partial charge in [0.2, 0.25) is 0 Å². The van der Waals surface area contributed by atoms with Crippen LogP contribution in [0.2, 0.25) is 0 Å². The Kier molecular flexibility index (Phi) is 2.66. The highest BCUT2D eigenvalue weighted by Crippen LogP contribution is 2.04. The number of rotatable bonds is 2. The molecule has 0 atom stereocenters. The van der Waals surface area contributed by atoms with Gasteiger partial charge in [0.15, 0.2) is 0 Å². The van der Waals surface area contributed by atoms with Crippen molar-refractivity contribution in [1.29, 1.82) is 0 Å². The van der Waals surface area contributed by atoms with Crippen molar-refractivity contribution in [3.05, 3.63) is 29.8 Å². The normalized spacial score (nSPS) is 9.42. The van der Waals surface area contributed by atoms with E-state index in [9.17, 15) is 4.79 Å². The molecule has 0 radical (unpaired) electrons. The van der Waals surface area contributed by atoms with Crippen LogP contribution in [-0.4, -0.2) is 13.0 Å². The number of nitrogen functional groups attached to an aromatic ring is 1. The van der Waals surface area contributed by atoms with Gasteiger partial charge in [0.1, 0.15) is 0 Å². The zero-order valence-electron chi connectivity index (χ0n) is 6.70. The SMILES string of the molecule is CONC(=O)c1ccc(N)cc1. The van der Waals surface area contributed by atoms with Gasteiger partial charge in [0.25, 0.3) is 5.91 Å². The Labute approximate surface area is 70.3 Å². The predicted molar refractivity (Wildman–Crippen MR) is 45.3 cm³/mol. The van der Waals surface area contributed by atoms with Crippen molar-refractivity contribution in [1.82, 2.24) is 5.48 Å². The number of carbonyl (C=O) groups is 1. The summed E-state index contributed by atoms with van der Waals surface area (Å²) in [4.78, 5) is 15.5. The summed E-state index contributed by atoms with van der Waals surface area (Å²) < 4.78 is 0. The third-order valence-electron chi connectivity index (χ3n) is 1.37. The molecule has 0 aliphatic rings. The Morgan fingerprint density at radius 2 is 2.00 bits per heavy atom. The summed E-state index contributed by atoms with van der Waals surface area (Å²) in [6.07, 6.45) is 0. The number of hydrogen-bond acceptors (Lipinski definition) is 3. The molecule has 4 heteroatoms. The number of nitrogens with one attached hydrogen (secondary N) is 1. The number of benzene rings is 1. The van der Waals surface area contributed by atoms with Gasteiger partial charge < -0.3 is 5.73 Å². The van der Waals surface area contributed by atoms with E-state index in [1.54, 1.807) is 24.3 Å². The molecule has 0 heterocycles. The first-order valence-electron chi connectivity index (χ1n) is 3.43. The van der Waals surface area contributed by atoms with Crippen LogP contribution in [0.25, 0.3) is 0 Å². The lowest BCUT2D eigenvalue weighted by molar-refractivity contribution is 0.0537. The summed E-state index contributed by atoms with van der Waals surface area (Å²) >= 11 is 0. The highest BCUT2D eigenvalue weighted by Gasteiger charge is 2.02. The maximum Gasteiger partial charge on any atom is 0.274 e. The van der Waals surface area contributed by atoms with Gasteiger partial charge in [-0.25, -0.2) is 5.48 Å². The molecule has 0 saturated heterocycles. The van der Waals surface area contributed by atoms with Crippen LogP contribution >= 0.6 is 0 Å². The van der Waals surface area contributed by atoms with Gasteiger partial charge in [-0.2, -0.15) is 0 Å². The van der Waals surface area contributed by atoms with Crippen LogP contribution in [0.4, 0.5) is 5.69 Å². The third-order valence-corrected chi connectivity index (χ3v) is 1.37. The molecule has 0 spiro atoms. The topological polar surface area (TPSA) is 64.3 Å². The molecule has 3 N–H and O–H groups in total. The molecule has 1 aromatic rings. The van der Waals surface area contributed by atoms with E-state index in [-0.39, 0.29) is 5.91 Å². The van der Waals surface area contributed by atoms with Gasteiger partial charge in [-0.1, -0.05) is 0 Å². The van der Waals surface area contributed by atoms with Gasteiger partial charge in [-0.3, -0.25) is 9.63 Å². The minimum Gasteiger partial charge on any atom is -0.399 e. The molecule has 0 unspecified atom stereocenters. The fourth-order valence-electron chi connectivity index (χ4n) is 0.786. The highest BCUT2D eigenvalue weighted by molar-refractivity contribution is 5.93. The number of amides is 1. The van der Waals surface area contributed by atoms with E-state index in [4.69, 9.17) is 5.73 Å². The lowest BCUT2D eigenvalue weighted by atomic mass is 10.2. The van der Waals surface area contributed by atoms with E-state index in [1.807, 2.05) is 0 Å². The lowest BCUT2D eigenvalue weighted by Crippen LogP contribution is -2.21. The van der Waals surface area contributed by atoms with Crippen LogP contribution in [0, 0.1) is 0 Å². The molecule has 4 nitrogen and oxygen atoms in total. The van der Waals surface area contributed by atoms with Gasteiger partial charge in [0.05, 0.1) is 7.11 Å². The van der Waals surface area contributed by atoms with E-state index in [0.717, 1.165) is 0 Å². The fourth-order valence-corrected chi connectivity index (χ4v) is 0.786. The molecule has 64 valence electrons. The van der Waals surface area contributed by atoms with Gasteiger partial charge >= 0.3 is 0 Å².